The zero-order valence-electron chi connectivity index (χ0n) is 14.2. The van der Waals surface area contributed by atoms with Crippen LogP contribution >= 0.6 is 0 Å². The van der Waals surface area contributed by atoms with Crippen LogP contribution in [0.5, 0.6) is 0 Å². The lowest BCUT2D eigenvalue weighted by molar-refractivity contribution is -0.242. The minimum Gasteiger partial charge on any atom is -0.400 e. The molecule has 0 radical (unpaired) electrons. The summed E-state index contributed by atoms with van der Waals surface area (Å²) in [5, 5.41) is 7.00. The number of rotatable bonds is 1. The predicted octanol–water partition coefficient (Wildman–Crippen LogP) is 4.24. The summed E-state index contributed by atoms with van der Waals surface area (Å²) in [6.45, 7) is 14.1. The van der Waals surface area contributed by atoms with Crippen LogP contribution in [0.25, 0.3) is 0 Å². The van der Waals surface area contributed by atoms with Crippen molar-refractivity contribution in [2.45, 2.75) is 73.0 Å². The van der Waals surface area contributed by atoms with Gasteiger partial charge in [-0.2, -0.15) is 0 Å². The maximum absolute atomic E-state index is 7.00. The molecule has 1 aliphatic heterocycles. The lowest BCUT2D eigenvalue weighted by atomic mass is 9.75. The van der Waals surface area contributed by atoms with E-state index in [4.69, 9.17) is 14.6 Å². The topological polar surface area (TPSA) is 38.7 Å². The SMILES string of the molecule is CC.CC.CCC1CCCC(C)C12OCCO2.CO. The molecule has 3 heteroatoms. The molecule has 2 atom stereocenters. The van der Waals surface area contributed by atoms with E-state index in [1.807, 2.05) is 27.7 Å². The molecular weight excluding hydrogens is 240 g/mol. The summed E-state index contributed by atoms with van der Waals surface area (Å²) in [5.74, 6) is 1.000. The number of hydrogen-bond acceptors (Lipinski definition) is 3. The van der Waals surface area contributed by atoms with Crippen LogP contribution in [0.3, 0.4) is 0 Å². The molecule has 0 amide bonds. The normalized spacial score (nSPS) is 27.2. The van der Waals surface area contributed by atoms with Gasteiger partial charge in [-0.05, 0) is 19.3 Å². The number of hydrogen-bond donors (Lipinski definition) is 1. The standard InChI is InChI=1S/C11H20O2.2C2H6.CH4O/c1-3-10-6-4-5-9(2)11(10)12-7-8-13-11;3*1-2/h9-10H,3-8H2,1-2H3;2*1-2H3;2H,1H3. The van der Waals surface area contributed by atoms with Crippen molar-refractivity contribution in [2.24, 2.45) is 11.8 Å². The van der Waals surface area contributed by atoms with Crippen molar-refractivity contribution in [1.29, 1.82) is 0 Å². The van der Waals surface area contributed by atoms with Gasteiger partial charge < -0.3 is 14.6 Å². The number of ether oxygens (including phenoxy) is 2. The second-order valence-corrected chi connectivity index (χ2v) is 4.36. The first-order valence-corrected chi connectivity index (χ1v) is 8.02. The predicted molar refractivity (Wildman–Crippen MR) is 82.3 cm³/mol. The average Bonchev–Trinajstić information content (AvgIpc) is 2.99. The third kappa shape index (κ3) is 5.41. The van der Waals surface area contributed by atoms with Crippen molar-refractivity contribution in [3.05, 3.63) is 0 Å². The van der Waals surface area contributed by atoms with Gasteiger partial charge in [0.25, 0.3) is 0 Å². The molecule has 1 spiro atoms. The maximum Gasteiger partial charge on any atom is 0.173 e. The second-order valence-electron chi connectivity index (χ2n) is 4.36. The molecule has 1 N–H and O–H groups in total. The second kappa shape index (κ2) is 12.9. The Kier molecular flexibility index (Phi) is 14.4. The van der Waals surface area contributed by atoms with Crippen molar-refractivity contribution >= 4 is 0 Å². The van der Waals surface area contributed by atoms with Gasteiger partial charge in [0.2, 0.25) is 0 Å². The Morgan fingerprint density at radius 1 is 1.00 bits per heavy atom. The van der Waals surface area contributed by atoms with Gasteiger partial charge in [0, 0.05) is 18.9 Å². The highest BCUT2D eigenvalue weighted by Crippen LogP contribution is 2.45. The third-order valence-corrected chi connectivity index (χ3v) is 3.68. The van der Waals surface area contributed by atoms with Crippen LogP contribution in [0.2, 0.25) is 0 Å². The van der Waals surface area contributed by atoms with E-state index in [0.29, 0.717) is 11.8 Å². The van der Waals surface area contributed by atoms with Crippen LogP contribution < -0.4 is 0 Å². The molecule has 1 saturated heterocycles. The molecule has 0 aromatic heterocycles. The van der Waals surface area contributed by atoms with Gasteiger partial charge in [0.15, 0.2) is 5.79 Å². The molecule has 19 heavy (non-hydrogen) atoms. The van der Waals surface area contributed by atoms with Crippen LogP contribution in [0.4, 0.5) is 0 Å². The van der Waals surface area contributed by atoms with Gasteiger partial charge >= 0.3 is 0 Å². The van der Waals surface area contributed by atoms with Crippen molar-refractivity contribution in [3.8, 4) is 0 Å². The maximum atomic E-state index is 7.00. The smallest absolute Gasteiger partial charge is 0.173 e. The first-order chi connectivity index (χ1) is 9.29. The van der Waals surface area contributed by atoms with Gasteiger partial charge in [-0.25, -0.2) is 0 Å². The van der Waals surface area contributed by atoms with Crippen LogP contribution in [-0.4, -0.2) is 31.2 Å². The van der Waals surface area contributed by atoms with Crippen LogP contribution in [0.15, 0.2) is 0 Å². The third-order valence-electron chi connectivity index (χ3n) is 3.68. The minimum atomic E-state index is -0.201. The zero-order valence-corrected chi connectivity index (χ0v) is 14.2. The Morgan fingerprint density at radius 3 is 1.89 bits per heavy atom. The molecule has 0 aromatic carbocycles. The van der Waals surface area contributed by atoms with E-state index in [2.05, 4.69) is 13.8 Å². The fourth-order valence-corrected chi connectivity index (χ4v) is 2.93. The molecule has 2 rings (SSSR count). The van der Waals surface area contributed by atoms with E-state index in [1.165, 1.54) is 25.7 Å². The van der Waals surface area contributed by atoms with Crippen molar-refractivity contribution in [2.75, 3.05) is 20.3 Å². The molecule has 1 aliphatic carbocycles. The molecule has 2 fully saturated rings. The first kappa shape index (κ1) is 21.2. The minimum absolute atomic E-state index is 0.201. The molecule has 118 valence electrons. The Hall–Kier alpha value is -0.120. The van der Waals surface area contributed by atoms with E-state index in [9.17, 15) is 0 Å². The molecule has 1 heterocycles. The summed E-state index contributed by atoms with van der Waals surface area (Å²) >= 11 is 0. The van der Waals surface area contributed by atoms with E-state index in [0.717, 1.165) is 20.3 Å². The van der Waals surface area contributed by atoms with Crippen molar-refractivity contribution < 1.29 is 14.6 Å². The summed E-state index contributed by atoms with van der Waals surface area (Å²) < 4.78 is 11.7. The van der Waals surface area contributed by atoms with E-state index in [-0.39, 0.29) is 5.79 Å². The zero-order chi connectivity index (χ0) is 15.3. The lowest BCUT2D eigenvalue weighted by Crippen LogP contribution is -2.47. The quantitative estimate of drug-likeness (QED) is 0.778. The molecule has 3 nitrogen and oxygen atoms in total. The Labute approximate surface area is 120 Å². The lowest BCUT2D eigenvalue weighted by Gasteiger charge is -2.43. The summed E-state index contributed by atoms with van der Waals surface area (Å²) in [6, 6.07) is 0. The van der Waals surface area contributed by atoms with Gasteiger partial charge in [-0.15, -0.1) is 0 Å². The average molecular weight is 276 g/mol. The fourth-order valence-electron chi connectivity index (χ4n) is 2.93. The van der Waals surface area contributed by atoms with E-state index < -0.39 is 0 Å². The Morgan fingerprint density at radius 2 is 1.47 bits per heavy atom. The van der Waals surface area contributed by atoms with Gasteiger partial charge in [0.1, 0.15) is 0 Å². The van der Waals surface area contributed by atoms with Gasteiger partial charge in [0.05, 0.1) is 13.2 Å². The van der Waals surface area contributed by atoms with Crippen molar-refractivity contribution in [1.82, 2.24) is 0 Å². The molecule has 2 unspecified atom stereocenters. The Balaban J connectivity index is 0. The molecular formula is C16H36O3. The summed E-state index contributed by atoms with van der Waals surface area (Å²) in [7, 11) is 1.00. The first-order valence-electron chi connectivity index (χ1n) is 8.02. The Bertz CT molecular complexity index is 177. The van der Waals surface area contributed by atoms with Crippen LogP contribution in [0, 0.1) is 11.8 Å². The summed E-state index contributed by atoms with van der Waals surface area (Å²) in [4.78, 5) is 0. The van der Waals surface area contributed by atoms with Crippen LogP contribution in [-0.2, 0) is 9.47 Å². The summed E-state index contributed by atoms with van der Waals surface area (Å²) in [5.41, 5.74) is 0. The monoisotopic (exact) mass is 276 g/mol. The molecule has 2 aliphatic rings. The van der Waals surface area contributed by atoms with Crippen molar-refractivity contribution in [3.63, 3.8) is 0 Å². The molecule has 1 saturated carbocycles. The highest BCUT2D eigenvalue weighted by molar-refractivity contribution is 4.90. The van der Waals surface area contributed by atoms with E-state index in [1.54, 1.807) is 0 Å². The highest BCUT2D eigenvalue weighted by Gasteiger charge is 2.49. The number of aliphatic hydroxyl groups excluding tert-OH is 1. The highest BCUT2D eigenvalue weighted by atomic mass is 16.7. The number of aliphatic hydroxyl groups is 1. The fraction of sp³-hybridized carbons (Fsp3) is 1.00. The largest absolute Gasteiger partial charge is 0.400 e. The van der Waals surface area contributed by atoms with Crippen LogP contribution in [0.1, 0.15) is 67.2 Å². The van der Waals surface area contributed by atoms with Gasteiger partial charge in [-0.1, -0.05) is 48.0 Å². The molecule has 0 aromatic rings. The van der Waals surface area contributed by atoms with Gasteiger partial charge in [-0.3, -0.25) is 0 Å². The molecule has 0 bridgehead atoms. The van der Waals surface area contributed by atoms with E-state index >= 15 is 0 Å². The summed E-state index contributed by atoms with van der Waals surface area (Å²) in [6.07, 6.45) is 5.07.